The van der Waals surface area contributed by atoms with E-state index in [0.717, 1.165) is 47.0 Å². The molecule has 1 heterocycles. The smallest absolute Gasteiger partial charge is 0.230 e. The molecule has 0 spiro atoms. The Kier molecular flexibility index (Phi) is 7.43. The summed E-state index contributed by atoms with van der Waals surface area (Å²) < 4.78 is 10.6. The van der Waals surface area contributed by atoms with Crippen molar-refractivity contribution in [3.05, 3.63) is 58.2 Å². The summed E-state index contributed by atoms with van der Waals surface area (Å²) in [5.74, 6) is 1.78. The molecule has 5 nitrogen and oxygen atoms in total. The third-order valence-corrected chi connectivity index (χ3v) is 7.10. The molecule has 0 atom stereocenters. The summed E-state index contributed by atoms with van der Waals surface area (Å²) in [5, 5.41) is 4.77. The molecule has 2 aromatic carbocycles. The van der Waals surface area contributed by atoms with E-state index in [-0.39, 0.29) is 5.91 Å². The second-order valence-corrected chi connectivity index (χ2v) is 9.23. The highest BCUT2D eigenvalue weighted by atomic mass is 35.5. The zero-order valence-electron chi connectivity index (χ0n) is 18.4. The van der Waals surface area contributed by atoms with Gasteiger partial charge in [0.1, 0.15) is 0 Å². The van der Waals surface area contributed by atoms with Crippen molar-refractivity contribution in [1.82, 2.24) is 10.3 Å². The van der Waals surface area contributed by atoms with Gasteiger partial charge in [-0.1, -0.05) is 17.7 Å². The molecule has 0 radical (unpaired) electrons. The molecule has 168 valence electrons. The Balaban J connectivity index is 1.40. The fraction of sp³-hybridized carbons (Fsp3) is 0.360. The van der Waals surface area contributed by atoms with Crippen LogP contribution in [0.4, 0.5) is 0 Å². The first-order valence-electron chi connectivity index (χ1n) is 10.8. The topological polar surface area (TPSA) is 60.5 Å². The van der Waals surface area contributed by atoms with E-state index in [1.807, 2.05) is 36.4 Å². The Morgan fingerprint density at radius 2 is 1.91 bits per heavy atom. The zero-order chi connectivity index (χ0) is 22.5. The molecule has 32 heavy (non-hydrogen) atoms. The number of hydrogen-bond acceptors (Lipinski definition) is 5. The zero-order valence-corrected chi connectivity index (χ0v) is 19.9. The van der Waals surface area contributed by atoms with Gasteiger partial charge in [0.05, 0.1) is 25.5 Å². The predicted molar refractivity (Wildman–Crippen MR) is 130 cm³/mol. The normalized spacial score (nSPS) is 13.0. The highest BCUT2D eigenvalue weighted by Gasteiger charge is 2.19. The third kappa shape index (κ3) is 5.13. The van der Waals surface area contributed by atoms with Crippen molar-refractivity contribution in [2.45, 2.75) is 37.0 Å². The molecule has 1 amide bonds. The average molecular weight is 471 g/mol. The van der Waals surface area contributed by atoms with Crippen LogP contribution in [0.25, 0.3) is 10.9 Å². The van der Waals surface area contributed by atoms with Crippen LogP contribution in [0.15, 0.2) is 41.3 Å². The number of rotatable bonds is 8. The van der Waals surface area contributed by atoms with E-state index in [4.69, 9.17) is 26.1 Å². The third-order valence-electron chi connectivity index (χ3n) is 5.70. The Hall–Kier alpha value is -2.44. The first-order valence-corrected chi connectivity index (χ1v) is 12.2. The lowest BCUT2D eigenvalue weighted by atomic mass is 9.94. The van der Waals surface area contributed by atoms with Gasteiger partial charge in [-0.2, -0.15) is 0 Å². The van der Waals surface area contributed by atoms with Crippen LogP contribution in [-0.4, -0.2) is 37.4 Å². The molecule has 1 aliphatic carbocycles. The Bertz CT molecular complexity index is 1140. The summed E-state index contributed by atoms with van der Waals surface area (Å²) in [6.07, 6.45) is 5.05. The van der Waals surface area contributed by atoms with Gasteiger partial charge in [-0.3, -0.25) is 9.78 Å². The number of aryl methyl sites for hydroxylation is 1. The summed E-state index contributed by atoms with van der Waals surface area (Å²) in [6.45, 7) is 0.565. The van der Waals surface area contributed by atoms with Crippen LogP contribution in [0.3, 0.4) is 0 Å². The average Bonchev–Trinajstić information content (AvgIpc) is 2.81. The van der Waals surface area contributed by atoms with Gasteiger partial charge in [-0.15, -0.1) is 11.8 Å². The summed E-state index contributed by atoms with van der Waals surface area (Å²) >= 11 is 7.86. The predicted octanol–water partition coefficient (Wildman–Crippen LogP) is 5.24. The number of carbonyl (C=O) groups is 1. The molecule has 3 aromatic rings. The van der Waals surface area contributed by atoms with Crippen molar-refractivity contribution in [3.63, 3.8) is 0 Å². The molecule has 1 aliphatic rings. The van der Waals surface area contributed by atoms with E-state index in [9.17, 15) is 4.79 Å². The van der Waals surface area contributed by atoms with Crippen LogP contribution in [-0.2, 0) is 24.1 Å². The minimum absolute atomic E-state index is 0.0204. The van der Waals surface area contributed by atoms with Gasteiger partial charge in [0, 0.05) is 27.5 Å². The maximum atomic E-state index is 12.6. The van der Waals surface area contributed by atoms with Gasteiger partial charge in [0.15, 0.2) is 11.5 Å². The highest BCUT2D eigenvalue weighted by molar-refractivity contribution is 8.00. The molecule has 1 N–H and O–H groups in total. The van der Waals surface area contributed by atoms with Gasteiger partial charge >= 0.3 is 0 Å². The monoisotopic (exact) mass is 470 g/mol. The molecule has 1 aromatic heterocycles. The molecule has 0 fully saturated rings. The highest BCUT2D eigenvalue weighted by Crippen LogP contribution is 2.37. The van der Waals surface area contributed by atoms with Crippen molar-refractivity contribution in [2.75, 3.05) is 26.5 Å². The number of carbonyl (C=O) groups excluding carboxylic acids is 1. The van der Waals surface area contributed by atoms with Crippen molar-refractivity contribution in [2.24, 2.45) is 0 Å². The minimum atomic E-state index is 0.0204. The lowest BCUT2D eigenvalue weighted by molar-refractivity contribution is -0.118. The number of ether oxygens (including phenoxy) is 2. The van der Waals surface area contributed by atoms with Crippen molar-refractivity contribution in [3.8, 4) is 11.5 Å². The van der Waals surface area contributed by atoms with Crippen LogP contribution in [0, 0.1) is 0 Å². The van der Waals surface area contributed by atoms with Gasteiger partial charge in [-0.05, 0) is 73.6 Å². The van der Waals surface area contributed by atoms with Gasteiger partial charge in [0.2, 0.25) is 5.91 Å². The molecular formula is C25H27ClN2O3S. The standard InChI is InChI=1S/C25H27ClN2O3S/c1-30-22-10-7-16(13-23(22)31-2)11-12-27-24(29)15-32-25-18-5-3-4-6-20(18)28-21-9-8-17(26)14-19(21)25/h7-10,13-14H,3-6,11-12,15H2,1-2H3,(H,27,29). The van der Waals surface area contributed by atoms with Gasteiger partial charge in [0.25, 0.3) is 0 Å². The summed E-state index contributed by atoms with van der Waals surface area (Å²) in [4.78, 5) is 18.6. The van der Waals surface area contributed by atoms with E-state index in [0.29, 0.717) is 28.8 Å². The number of halogens is 1. The second kappa shape index (κ2) is 10.5. The number of pyridine rings is 1. The quantitative estimate of drug-likeness (QED) is 0.456. The van der Waals surface area contributed by atoms with Crippen LogP contribution < -0.4 is 14.8 Å². The Morgan fingerprint density at radius 3 is 2.72 bits per heavy atom. The molecule has 0 bridgehead atoms. The van der Waals surface area contributed by atoms with Crippen LogP contribution in [0.1, 0.15) is 29.7 Å². The SMILES string of the molecule is COc1ccc(CCNC(=O)CSc2c3c(nc4ccc(Cl)cc24)CCCC3)cc1OC. The molecule has 7 heteroatoms. The largest absolute Gasteiger partial charge is 0.493 e. The van der Waals surface area contributed by atoms with Crippen LogP contribution >= 0.6 is 23.4 Å². The molecule has 0 saturated carbocycles. The number of benzene rings is 2. The number of amides is 1. The van der Waals surface area contributed by atoms with E-state index in [1.54, 1.807) is 26.0 Å². The lowest BCUT2D eigenvalue weighted by Gasteiger charge is -2.20. The first kappa shape index (κ1) is 22.7. The van der Waals surface area contributed by atoms with E-state index in [1.165, 1.54) is 17.7 Å². The lowest BCUT2D eigenvalue weighted by Crippen LogP contribution is -2.27. The minimum Gasteiger partial charge on any atom is -0.493 e. The van der Waals surface area contributed by atoms with E-state index >= 15 is 0 Å². The van der Waals surface area contributed by atoms with Crippen molar-refractivity contribution < 1.29 is 14.3 Å². The number of nitrogens with zero attached hydrogens (tertiary/aromatic N) is 1. The van der Waals surface area contributed by atoms with Gasteiger partial charge < -0.3 is 14.8 Å². The maximum Gasteiger partial charge on any atom is 0.230 e. The van der Waals surface area contributed by atoms with Crippen molar-refractivity contribution in [1.29, 1.82) is 0 Å². The summed E-state index contributed by atoms with van der Waals surface area (Å²) in [6, 6.07) is 11.6. The summed E-state index contributed by atoms with van der Waals surface area (Å²) in [7, 11) is 3.24. The fourth-order valence-electron chi connectivity index (χ4n) is 4.09. The molecular weight excluding hydrogens is 444 g/mol. The Labute approximate surface area is 197 Å². The van der Waals surface area contributed by atoms with Crippen molar-refractivity contribution >= 4 is 40.2 Å². The number of methoxy groups -OCH3 is 2. The number of thioether (sulfide) groups is 1. The van der Waals surface area contributed by atoms with Crippen LogP contribution in [0.5, 0.6) is 11.5 Å². The summed E-state index contributed by atoms with van der Waals surface area (Å²) in [5.41, 5.74) is 4.49. The molecule has 0 aliphatic heterocycles. The second-order valence-electron chi connectivity index (χ2n) is 7.81. The number of aromatic nitrogens is 1. The maximum absolute atomic E-state index is 12.6. The fourth-order valence-corrected chi connectivity index (χ4v) is 5.35. The van der Waals surface area contributed by atoms with E-state index in [2.05, 4.69) is 5.32 Å². The molecule has 0 saturated heterocycles. The number of nitrogens with one attached hydrogen (secondary N) is 1. The number of hydrogen-bond donors (Lipinski definition) is 1. The van der Waals surface area contributed by atoms with Gasteiger partial charge in [-0.25, -0.2) is 0 Å². The first-order chi connectivity index (χ1) is 15.6. The Morgan fingerprint density at radius 1 is 1.09 bits per heavy atom. The number of fused-ring (bicyclic) bond motifs is 2. The molecule has 4 rings (SSSR count). The van der Waals surface area contributed by atoms with Crippen LogP contribution in [0.2, 0.25) is 5.02 Å². The molecule has 0 unspecified atom stereocenters. The van der Waals surface area contributed by atoms with E-state index < -0.39 is 0 Å².